The Morgan fingerprint density at radius 2 is 1.87 bits per heavy atom. The fourth-order valence-corrected chi connectivity index (χ4v) is 3.52. The number of rotatable bonds is 7. The molecule has 0 saturated carbocycles. The number of carbonyl (C=O) groups is 1. The van der Waals surface area contributed by atoms with Gasteiger partial charge in [0.05, 0.1) is 4.90 Å². The van der Waals surface area contributed by atoms with Crippen molar-refractivity contribution in [1.29, 1.82) is 0 Å². The minimum Gasteiger partial charge on any atom is -0.455 e. The van der Waals surface area contributed by atoms with Gasteiger partial charge in [-0.05, 0) is 42.8 Å². The van der Waals surface area contributed by atoms with Gasteiger partial charge in [-0.3, -0.25) is 4.79 Å². The Hall–Kier alpha value is -3.18. The van der Waals surface area contributed by atoms with Gasteiger partial charge >= 0.3 is 5.97 Å². The normalized spacial score (nSPS) is 11.6. The maximum Gasteiger partial charge on any atom is 0.321 e. The first kappa shape index (κ1) is 21.5. The van der Waals surface area contributed by atoms with Gasteiger partial charge in [-0.1, -0.05) is 17.3 Å². The number of sulfonamides is 1. The molecule has 0 fully saturated rings. The van der Waals surface area contributed by atoms with E-state index in [-0.39, 0.29) is 23.2 Å². The highest BCUT2D eigenvalue weighted by molar-refractivity contribution is 7.89. The maximum absolute atomic E-state index is 13.7. The van der Waals surface area contributed by atoms with Crippen molar-refractivity contribution < 1.29 is 31.3 Å². The first-order valence-electron chi connectivity index (χ1n) is 8.63. The van der Waals surface area contributed by atoms with Crippen LogP contribution in [0.4, 0.5) is 8.78 Å². The number of benzene rings is 2. The Bertz CT molecular complexity index is 1160. The van der Waals surface area contributed by atoms with Gasteiger partial charge in [-0.15, -0.1) is 0 Å². The average Bonchev–Trinajstić information content (AvgIpc) is 3.18. The van der Waals surface area contributed by atoms with Crippen molar-refractivity contribution >= 4 is 16.0 Å². The molecule has 0 unspecified atom stereocenters. The molecule has 0 radical (unpaired) electrons. The summed E-state index contributed by atoms with van der Waals surface area (Å²) in [5.41, 5.74) is 0.862. The number of halogens is 2. The monoisotopic (exact) mass is 437 g/mol. The molecule has 0 amide bonds. The summed E-state index contributed by atoms with van der Waals surface area (Å²) in [6.45, 7) is 0.655. The average molecular weight is 437 g/mol. The van der Waals surface area contributed by atoms with Gasteiger partial charge in [-0.2, -0.15) is 9.29 Å². The van der Waals surface area contributed by atoms with Gasteiger partial charge in [0.25, 0.3) is 5.89 Å². The summed E-state index contributed by atoms with van der Waals surface area (Å²) >= 11 is 0. The summed E-state index contributed by atoms with van der Waals surface area (Å²) in [5.74, 6) is -1.78. The van der Waals surface area contributed by atoms with E-state index >= 15 is 0 Å². The number of hydrogen-bond acceptors (Lipinski definition) is 7. The molecule has 0 bridgehead atoms. The van der Waals surface area contributed by atoms with Crippen molar-refractivity contribution in [2.24, 2.45) is 0 Å². The van der Waals surface area contributed by atoms with Crippen LogP contribution < -0.4 is 0 Å². The maximum atomic E-state index is 13.7. The smallest absolute Gasteiger partial charge is 0.321 e. The van der Waals surface area contributed by atoms with Crippen LogP contribution in [0, 0.1) is 18.6 Å². The molecule has 0 N–H and O–H groups in total. The van der Waals surface area contributed by atoms with Gasteiger partial charge in [-0.25, -0.2) is 17.2 Å². The van der Waals surface area contributed by atoms with Crippen LogP contribution in [0.2, 0.25) is 0 Å². The third-order valence-corrected chi connectivity index (χ3v) is 5.95. The molecular weight excluding hydrogens is 420 g/mol. The summed E-state index contributed by atoms with van der Waals surface area (Å²) < 4.78 is 62.1. The van der Waals surface area contributed by atoms with E-state index in [1.54, 1.807) is 19.1 Å². The summed E-state index contributed by atoms with van der Waals surface area (Å²) in [7, 11) is -2.80. The SMILES string of the molecule is Cc1ccc(-c2noc(COC(=O)CN(C)S(=O)(=O)c3ccc(F)cc3)n2)cc1F. The molecule has 3 rings (SSSR count). The van der Waals surface area contributed by atoms with Crippen LogP contribution >= 0.6 is 0 Å². The van der Waals surface area contributed by atoms with E-state index in [4.69, 9.17) is 9.26 Å². The quantitative estimate of drug-likeness (QED) is 0.524. The van der Waals surface area contributed by atoms with E-state index in [1.807, 2.05) is 0 Å². The van der Waals surface area contributed by atoms with Crippen LogP contribution in [0.5, 0.6) is 0 Å². The molecule has 1 aromatic heterocycles. The lowest BCUT2D eigenvalue weighted by atomic mass is 10.1. The van der Waals surface area contributed by atoms with Crippen LogP contribution in [0.15, 0.2) is 51.9 Å². The minimum absolute atomic E-state index is 0.0385. The highest BCUT2D eigenvalue weighted by atomic mass is 32.2. The molecule has 3 aromatic rings. The van der Waals surface area contributed by atoms with Gasteiger partial charge in [0.15, 0.2) is 6.61 Å². The van der Waals surface area contributed by atoms with E-state index in [0.29, 0.717) is 11.1 Å². The van der Waals surface area contributed by atoms with Crippen LogP contribution in [-0.2, 0) is 26.2 Å². The van der Waals surface area contributed by atoms with Gasteiger partial charge in [0.2, 0.25) is 15.8 Å². The zero-order valence-electron chi connectivity index (χ0n) is 16.0. The lowest BCUT2D eigenvalue weighted by Crippen LogP contribution is -2.33. The molecule has 11 heteroatoms. The second-order valence-electron chi connectivity index (χ2n) is 6.35. The number of likely N-dealkylation sites (N-methyl/N-ethyl adjacent to an activating group) is 1. The molecule has 0 atom stereocenters. The summed E-state index contributed by atoms with van der Waals surface area (Å²) in [6, 6.07) is 8.65. The lowest BCUT2D eigenvalue weighted by Gasteiger charge is -2.16. The number of carbonyl (C=O) groups excluding carboxylic acids is 1. The number of hydrogen-bond donors (Lipinski definition) is 0. The Balaban J connectivity index is 1.58. The number of ether oxygens (including phenoxy) is 1. The minimum atomic E-state index is -3.99. The van der Waals surface area contributed by atoms with Crippen molar-refractivity contribution in [1.82, 2.24) is 14.4 Å². The third kappa shape index (κ3) is 4.86. The first-order chi connectivity index (χ1) is 14.2. The predicted molar refractivity (Wildman–Crippen MR) is 100 cm³/mol. The molecule has 30 heavy (non-hydrogen) atoms. The molecule has 8 nitrogen and oxygen atoms in total. The third-order valence-electron chi connectivity index (χ3n) is 4.13. The van der Waals surface area contributed by atoms with E-state index in [0.717, 1.165) is 28.6 Å². The van der Waals surface area contributed by atoms with E-state index in [9.17, 15) is 22.0 Å². The number of aromatic nitrogens is 2. The fourth-order valence-electron chi connectivity index (χ4n) is 2.40. The number of aryl methyl sites for hydroxylation is 1. The standard InChI is InChI=1S/C19H17F2N3O5S/c1-12-3-4-13(9-16(12)21)19-22-17(29-23-19)11-28-18(25)10-24(2)30(26,27)15-7-5-14(20)6-8-15/h3-9H,10-11H2,1-2H3. The molecule has 0 saturated heterocycles. The highest BCUT2D eigenvalue weighted by Gasteiger charge is 2.24. The highest BCUT2D eigenvalue weighted by Crippen LogP contribution is 2.19. The van der Waals surface area contributed by atoms with Crippen molar-refractivity contribution in [2.75, 3.05) is 13.6 Å². The fraction of sp³-hybridized carbons (Fsp3) is 0.211. The topological polar surface area (TPSA) is 103 Å². The Labute approximate surface area is 171 Å². The van der Waals surface area contributed by atoms with Crippen molar-refractivity contribution in [2.45, 2.75) is 18.4 Å². The van der Waals surface area contributed by atoms with E-state index in [1.165, 1.54) is 13.1 Å². The number of nitrogens with zero attached hydrogens (tertiary/aromatic N) is 3. The molecular formula is C19H17F2N3O5S. The zero-order valence-corrected chi connectivity index (χ0v) is 16.8. The molecule has 0 aliphatic carbocycles. The Morgan fingerprint density at radius 1 is 1.17 bits per heavy atom. The largest absolute Gasteiger partial charge is 0.455 e. The predicted octanol–water partition coefficient (Wildman–Crippen LogP) is 2.69. The first-order valence-corrected chi connectivity index (χ1v) is 10.1. The van der Waals surface area contributed by atoms with Crippen LogP contribution in [0.3, 0.4) is 0 Å². The molecule has 0 aliphatic heterocycles. The summed E-state index contributed by atoms with van der Waals surface area (Å²) in [4.78, 5) is 15.8. The zero-order chi connectivity index (χ0) is 21.9. The van der Waals surface area contributed by atoms with E-state index in [2.05, 4.69) is 10.1 Å². The van der Waals surface area contributed by atoms with E-state index < -0.39 is 34.2 Å². The van der Waals surface area contributed by atoms with Gasteiger partial charge < -0.3 is 9.26 Å². The summed E-state index contributed by atoms with van der Waals surface area (Å²) in [5, 5.41) is 3.70. The number of esters is 1. The molecule has 2 aromatic carbocycles. The van der Waals surface area contributed by atoms with Crippen molar-refractivity contribution in [3.8, 4) is 11.4 Å². The molecule has 0 aliphatic rings. The van der Waals surface area contributed by atoms with Crippen LogP contribution in [0.25, 0.3) is 11.4 Å². The molecule has 158 valence electrons. The van der Waals surface area contributed by atoms with Crippen molar-refractivity contribution in [3.63, 3.8) is 0 Å². The Morgan fingerprint density at radius 3 is 2.53 bits per heavy atom. The van der Waals surface area contributed by atoms with Crippen LogP contribution in [0.1, 0.15) is 11.5 Å². The van der Waals surface area contributed by atoms with Gasteiger partial charge in [0.1, 0.15) is 18.2 Å². The summed E-state index contributed by atoms with van der Waals surface area (Å²) in [6.07, 6.45) is 0. The lowest BCUT2D eigenvalue weighted by molar-refractivity contribution is -0.145. The molecule has 0 spiro atoms. The second-order valence-corrected chi connectivity index (χ2v) is 8.40. The molecule has 1 heterocycles. The second kappa shape index (κ2) is 8.67. The Kier molecular flexibility index (Phi) is 6.22. The van der Waals surface area contributed by atoms with Gasteiger partial charge in [0, 0.05) is 12.6 Å². The van der Waals surface area contributed by atoms with Crippen molar-refractivity contribution in [3.05, 3.63) is 65.6 Å². The van der Waals surface area contributed by atoms with Crippen LogP contribution in [-0.4, -0.2) is 42.4 Å².